The summed E-state index contributed by atoms with van der Waals surface area (Å²) in [6.45, 7) is 0.177. The van der Waals surface area contributed by atoms with Crippen molar-refractivity contribution in [2.45, 2.75) is 0 Å². The number of terminal acetylenes is 1. The summed E-state index contributed by atoms with van der Waals surface area (Å²) in [5, 5.41) is 2.47. The molecule has 0 saturated carbocycles. The molecule has 1 rings (SSSR count). The maximum atomic E-state index is 12.4. The van der Waals surface area contributed by atoms with Crippen molar-refractivity contribution in [2.75, 3.05) is 6.54 Å². The van der Waals surface area contributed by atoms with Crippen LogP contribution in [-0.4, -0.2) is 12.5 Å². The van der Waals surface area contributed by atoms with Crippen LogP contribution in [0.15, 0.2) is 24.3 Å². The lowest BCUT2D eigenvalue weighted by Gasteiger charge is -2.00. The average Bonchev–Trinajstić information content (AvgIpc) is 2.15. The zero-order valence-electron chi connectivity index (χ0n) is 6.88. The van der Waals surface area contributed by atoms with Crippen molar-refractivity contribution in [3.05, 3.63) is 35.6 Å². The molecule has 1 aromatic rings. The van der Waals surface area contributed by atoms with Gasteiger partial charge in [0.15, 0.2) is 0 Å². The number of rotatable bonds is 2. The molecular formula is C10H8FNO. The fraction of sp³-hybridized carbons (Fsp3) is 0.100. The Kier molecular flexibility index (Phi) is 3.04. The van der Waals surface area contributed by atoms with Gasteiger partial charge in [0.1, 0.15) is 5.82 Å². The highest BCUT2D eigenvalue weighted by atomic mass is 18.2. The molecule has 0 saturated heterocycles. The maximum absolute atomic E-state index is 12.4. The van der Waals surface area contributed by atoms with Gasteiger partial charge in [-0.25, -0.2) is 4.39 Å². The van der Waals surface area contributed by atoms with Crippen LogP contribution in [0.1, 0.15) is 10.4 Å². The van der Waals surface area contributed by atoms with E-state index in [0.29, 0.717) is 5.56 Å². The van der Waals surface area contributed by atoms with Crippen LogP contribution >= 0.6 is 0 Å². The van der Waals surface area contributed by atoms with Crippen molar-refractivity contribution in [2.24, 2.45) is 0 Å². The van der Waals surface area contributed by atoms with E-state index in [4.69, 9.17) is 6.42 Å². The van der Waals surface area contributed by atoms with Gasteiger partial charge in [-0.05, 0) is 24.3 Å². The van der Waals surface area contributed by atoms with E-state index in [1.807, 2.05) is 0 Å². The third-order valence-corrected chi connectivity index (χ3v) is 1.46. The van der Waals surface area contributed by atoms with E-state index in [0.717, 1.165) is 0 Å². The number of benzene rings is 1. The summed E-state index contributed by atoms with van der Waals surface area (Å²) in [6, 6.07) is 5.26. The van der Waals surface area contributed by atoms with Gasteiger partial charge in [-0.1, -0.05) is 5.92 Å². The van der Waals surface area contributed by atoms with Crippen LogP contribution in [0, 0.1) is 18.2 Å². The van der Waals surface area contributed by atoms with Gasteiger partial charge in [-0.3, -0.25) is 4.79 Å². The average molecular weight is 176 g/mol. The predicted octanol–water partition coefficient (Wildman–Crippen LogP) is 1.19. The Bertz CT molecular complexity index is 337. The molecule has 2 nitrogen and oxygen atoms in total. The van der Waals surface area contributed by atoms with Crippen molar-refractivity contribution >= 4 is 5.91 Å². The molecule has 66 valence electrons. The molecule has 13 heavy (non-hydrogen) atoms. The van der Waals surface area contributed by atoms with E-state index in [1.54, 1.807) is 0 Å². The van der Waals surface area contributed by atoms with Gasteiger partial charge in [0.05, 0.1) is 6.54 Å². The van der Waals surface area contributed by atoms with Gasteiger partial charge in [0, 0.05) is 5.56 Å². The topological polar surface area (TPSA) is 29.1 Å². The number of halogens is 1. The summed E-state index contributed by atoms with van der Waals surface area (Å²) in [7, 11) is 0. The van der Waals surface area contributed by atoms with Crippen LogP contribution in [0.5, 0.6) is 0 Å². The summed E-state index contributed by atoms with van der Waals surface area (Å²) < 4.78 is 12.4. The summed E-state index contributed by atoms with van der Waals surface area (Å²) >= 11 is 0. The zero-order chi connectivity index (χ0) is 9.68. The molecular weight excluding hydrogens is 168 g/mol. The van der Waals surface area contributed by atoms with Crippen molar-refractivity contribution in [3.63, 3.8) is 0 Å². The quantitative estimate of drug-likeness (QED) is 0.674. The van der Waals surface area contributed by atoms with Crippen molar-refractivity contribution in [1.82, 2.24) is 5.32 Å². The summed E-state index contributed by atoms with van der Waals surface area (Å²) in [5.41, 5.74) is 0.400. The highest BCUT2D eigenvalue weighted by Crippen LogP contribution is 2.01. The minimum atomic E-state index is -0.367. The Balaban J connectivity index is 2.68. The molecule has 0 aromatic heterocycles. The molecule has 0 aliphatic carbocycles. The lowest BCUT2D eigenvalue weighted by Crippen LogP contribution is -2.23. The molecule has 0 aliphatic heterocycles. The summed E-state index contributed by atoms with van der Waals surface area (Å²) in [4.78, 5) is 11.2. The SMILES string of the molecule is C#CCNC(=O)c1ccc([18F])cc1. The first-order valence-corrected chi connectivity index (χ1v) is 3.71. The minimum absolute atomic E-state index is 0.177. The third-order valence-electron chi connectivity index (χ3n) is 1.46. The predicted molar refractivity (Wildman–Crippen MR) is 47.6 cm³/mol. The van der Waals surface area contributed by atoms with E-state index in [1.165, 1.54) is 24.3 Å². The monoisotopic (exact) mass is 176 g/mol. The smallest absolute Gasteiger partial charge is 0.252 e. The van der Waals surface area contributed by atoms with Gasteiger partial charge in [-0.15, -0.1) is 6.42 Å². The molecule has 0 fully saturated rings. The second-order valence-electron chi connectivity index (χ2n) is 2.39. The third kappa shape index (κ3) is 2.60. The van der Waals surface area contributed by atoms with Gasteiger partial charge in [0.2, 0.25) is 0 Å². The van der Waals surface area contributed by atoms with Gasteiger partial charge >= 0.3 is 0 Å². The summed E-state index contributed by atoms with van der Waals surface area (Å²) in [5.74, 6) is 1.61. The summed E-state index contributed by atoms with van der Waals surface area (Å²) in [6.07, 6.45) is 4.95. The molecule has 0 unspecified atom stereocenters. The number of hydrogen-bond donors (Lipinski definition) is 1. The van der Waals surface area contributed by atoms with E-state index < -0.39 is 0 Å². The van der Waals surface area contributed by atoms with E-state index >= 15 is 0 Å². The van der Waals surface area contributed by atoms with Gasteiger partial charge in [-0.2, -0.15) is 0 Å². The fourth-order valence-electron chi connectivity index (χ4n) is 0.835. The minimum Gasteiger partial charge on any atom is -0.341 e. The number of carbonyl (C=O) groups is 1. The molecule has 1 amide bonds. The second-order valence-corrected chi connectivity index (χ2v) is 2.39. The Hall–Kier alpha value is -1.82. The van der Waals surface area contributed by atoms with Crippen molar-refractivity contribution in [3.8, 4) is 12.3 Å². The van der Waals surface area contributed by atoms with Crippen LogP contribution in [0.2, 0.25) is 0 Å². The first kappa shape index (κ1) is 9.27. The standard InChI is InChI=1S/C10H8FNO/c1-2-7-12-10(13)8-3-5-9(11)6-4-8/h1,3-6H,7H2,(H,12,13)/i11-1. The Morgan fingerprint density at radius 3 is 2.62 bits per heavy atom. The highest BCUT2D eigenvalue weighted by Gasteiger charge is 2.02. The van der Waals surface area contributed by atoms with Crippen LogP contribution in [-0.2, 0) is 0 Å². The Labute approximate surface area is 75.8 Å². The Morgan fingerprint density at radius 1 is 1.46 bits per heavy atom. The zero-order valence-corrected chi connectivity index (χ0v) is 6.88. The second kappa shape index (κ2) is 4.27. The lowest BCUT2D eigenvalue weighted by molar-refractivity contribution is 0.0958. The number of hydrogen-bond acceptors (Lipinski definition) is 1. The largest absolute Gasteiger partial charge is 0.341 e. The first-order chi connectivity index (χ1) is 6.24. The lowest BCUT2D eigenvalue weighted by atomic mass is 10.2. The number of amides is 1. The molecule has 0 aliphatic rings. The van der Waals surface area contributed by atoms with Crippen LogP contribution in [0.4, 0.5) is 4.39 Å². The van der Waals surface area contributed by atoms with Crippen molar-refractivity contribution in [1.29, 1.82) is 0 Å². The molecule has 3 heteroatoms. The number of carbonyl (C=O) groups excluding carboxylic acids is 1. The molecule has 1 aromatic carbocycles. The van der Waals surface area contributed by atoms with Crippen LogP contribution < -0.4 is 5.32 Å². The normalized spacial score (nSPS) is 8.92. The van der Waals surface area contributed by atoms with Crippen LogP contribution in [0.25, 0.3) is 0 Å². The molecule has 0 spiro atoms. The van der Waals surface area contributed by atoms with E-state index in [9.17, 15) is 9.18 Å². The van der Waals surface area contributed by atoms with Crippen molar-refractivity contribution < 1.29 is 9.18 Å². The molecule has 1 N–H and O–H groups in total. The van der Waals surface area contributed by atoms with E-state index in [2.05, 4.69) is 11.2 Å². The first-order valence-electron chi connectivity index (χ1n) is 3.71. The molecule has 0 atom stereocenters. The highest BCUT2D eigenvalue weighted by molar-refractivity contribution is 5.94. The maximum Gasteiger partial charge on any atom is 0.252 e. The van der Waals surface area contributed by atoms with Gasteiger partial charge in [0.25, 0.3) is 5.91 Å². The molecule has 0 radical (unpaired) electrons. The van der Waals surface area contributed by atoms with E-state index in [-0.39, 0.29) is 18.3 Å². The molecule has 0 bridgehead atoms. The fourth-order valence-corrected chi connectivity index (χ4v) is 0.835. The van der Waals surface area contributed by atoms with Gasteiger partial charge < -0.3 is 5.32 Å². The van der Waals surface area contributed by atoms with Crippen LogP contribution in [0.3, 0.4) is 0 Å². The number of nitrogens with one attached hydrogen (secondary N) is 1. The Morgan fingerprint density at radius 2 is 2.08 bits per heavy atom. The molecule has 0 heterocycles.